The molecule has 0 fully saturated rings. The Morgan fingerprint density at radius 2 is 1.66 bits per heavy atom. The van der Waals surface area contributed by atoms with Gasteiger partial charge in [0, 0.05) is 23.4 Å². The molecule has 0 saturated carbocycles. The summed E-state index contributed by atoms with van der Waals surface area (Å²) in [6.45, 7) is 7.90. The number of aliphatic hydroxyl groups excluding tert-OH is 1. The van der Waals surface area contributed by atoms with Gasteiger partial charge in [0.2, 0.25) is 0 Å². The average molecular weight is 409 g/mol. The number of hydrogen-bond donors (Lipinski definition) is 1. The van der Waals surface area contributed by atoms with Crippen LogP contribution in [-0.4, -0.2) is 40.0 Å². The van der Waals surface area contributed by atoms with Gasteiger partial charge in [-0.1, -0.05) is 62.4 Å². The summed E-state index contributed by atoms with van der Waals surface area (Å²) in [5, 5.41) is 12.5. The third-order valence-electron chi connectivity index (χ3n) is 5.88. The average Bonchev–Trinajstić information content (AvgIpc) is 3.08. The zero-order valence-electron chi connectivity index (χ0n) is 17.6. The van der Waals surface area contributed by atoms with Gasteiger partial charge < -0.3 is 14.6 Å². The number of fused-ring (bicyclic) bond motifs is 3. The summed E-state index contributed by atoms with van der Waals surface area (Å²) in [7, 11) is 0. The molecule has 29 heavy (non-hydrogen) atoms. The minimum absolute atomic E-state index is 0.271. The number of rotatable bonds is 8. The van der Waals surface area contributed by atoms with E-state index in [4.69, 9.17) is 0 Å². The highest BCUT2D eigenvalue weighted by Gasteiger charge is 2.32. The molecular formula is C25H32N2OS. The Bertz CT molecular complexity index is 931. The van der Waals surface area contributed by atoms with Crippen molar-refractivity contribution in [1.29, 1.82) is 0 Å². The first kappa shape index (κ1) is 20.5. The van der Waals surface area contributed by atoms with E-state index in [2.05, 4.69) is 77.9 Å². The van der Waals surface area contributed by atoms with Crippen LogP contribution in [0.5, 0.6) is 0 Å². The molecule has 2 heterocycles. The largest absolute Gasteiger partial charge is 0.372 e. The lowest BCUT2D eigenvalue weighted by molar-refractivity contribution is 0.128. The molecule has 3 aromatic rings. The Balaban J connectivity index is 1.79. The molecule has 4 rings (SSSR count). The summed E-state index contributed by atoms with van der Waals surface area (Å²) in [4.78, 5) is 2.59. The molecule has 0 bridgehead atoms. The molecule has 0 spiro atoms. The second kappa shape index (κ2) is 9.38. The standard InChI is InChI=1S/C25H32N2OS/c1-3-15-26(16-4-2)17-14-21-20-12-8-9-13-22(20)27-23(28)18-29-25(24(21)27)19-10-6-5-7-11-19/h5-13,23,25,28H,3-4,14-18H2,1-2H3. The minimum atomic E-state index is -0.462. The highest BCUT2D eigenvalue weighted by Crippen LogP contribution is 2.47. The lowest BCUT2D eigenvalue weighted by Gasteiger charge is -2.31. The fraction of sp³-hybridized carbons (Fsp3) is 0.440. The van der Waals surface area contributed by atoms with Crippen LogP contribution in [0, 0.1) is 0 Å². The van der Waals surface area contributed by atoms with Crippen LogP contribution < -0.4 is 0 Å². The van der Waals surface area contributed by atoms with Crippen molar-refractivity contribution in [2.24, 2.45) is 0 Å². The van der Waals surface area contributed by atoms with Gasteiger partial charge in [0.1, 0.15) is 6.23 Å². The van der Waals surface area contributed by atoms with Gasteiger partial charge in [-0.2, -0.15) is 0 Å². The molecule has 3 nitrogen and oxygen atoms in total. The highest BCUT2D eigenvalue weighted by atomic mass is 32.2. The van der Waals surface area contributed by atoms with Gasteiger partial charge in [0.15, 0.2) is 0 Å². The molecule has 0 aliphatic carbocycles. The second-order valence-corrected chi connectivity index (χ2v) is 9.09. The molecule has 1 aliphatic heterocycles. The number of para-hydroxylation sites is 1. The van der Waals surface area contributed by atoms with Crippen LogP contribution in [0.3, 0.4) is 0 Å². The molecule has 2 atom stereocenters. The van der Waals surface area contributed by atoms with Crippen LogP contribution in [0.4, 0.5) is 0 Å². The van der Waals surface area contributed by atoms with Gasteiger partial charge in [-0.15, -0.1) is 11.8 Å². The van der Waals surface area contributed by atoms with Crippen molar-refractivity contribution in [2.75, 3.05) is 25.4 Å². The van der Waals surface area contributed by atoms with Gasteiger partial charge in [0.05, 0.1) is 10.8 Å². The Hall–Kier alpha value is -1.75. The number of benzene rings is 2. The van der Waals surface area contributed by atoms with E-state index in [1.54, 1.807) is 0 Å². The summed E-state index contributed by atoms with van der Waals surface area (Å²) in [6, 6.07) is 19.4. The van der Waals surface area contributed by atoms with Crippen molar-refractivity contribution in [3.05, 3.63) is 71.4 Å². The Morgan fingerprint density at radius 3 is 2.38 bits per heavy atom. The topological polar surface area (TPSA) is 28.4 Å². The normalized spacial score (nSPS) is 19.0. The zero-order valence-corrected chi connectivity index (χ0v) is 18.4. The number of aromatic nitrogens is 1. The maximum Gasteiger partial charge on any atom is 0.140 e. The summed E-state index contributed by atoms with van der Waals surface area (Å²) >= 11 is 1.87. The molecule has 1 aliphatic rings. The minimum Gasteiger partial charge on any atom is -0.372 e. The van der Waals surface area contributed by atoms with E-state index in [1.165, 1.54) is 40.6 Å². The first-order chi connectivity index (χ1) is 14.2. The van der Waals surface area contributed by atoms with Crippen LogP contribution in [0.15, 0.2) is 54.6 Å². The van der Waals surface area contributed by atoms with Crippen LogP contribution in [0.25, 0.3) is 10.9 Å². The number of nitrogens with zero attached hydrogens (tertiary/aromatic N) is 2. The molecule has 4 heteroatoms. The molecule has 2 unspecified atom stereocenters. The van der Waals surface area contributed by atoms with Crippen molar-refractivity contribution in [1.82, 2.24) is 9.47 Å². The van der Waals surface area contributed by atoms with Gasteiger partial charge >= 0.3 is 0 Å². The number of thioether (sulfide) groups is 1. The summed E-state index contributed by atoms with van der Waals surface area (Å²) in [6.07, 6.45) is 2.95. The molecule has 0 amide bonds. The van der Waals surface area contributed by atoms with Crippen molar-refractivity contribution in [3.8, 4) is 0 Å². The van der Waals surface area contributed by atoms with E-state index in [9.17, 15) is 5.11 Å². The predicted octanol–water partition coefficient (Wildman–Crippen LogP) is 5.63. The van der Waals surface area contributed by atoms with E-state index >= 15 is 0 Å². The SMILES string of the molecule is CCCN(CCC)CCc1c2n(c3ccccc13)C(O)CSC2c1ccccc1. The summed E-state index contributed by atoms with van der Waals surface area (Å²) in [5.41, 5.74) is 5.21. The maximum absolute atomic E-state index is 10.9. The quantitative estimate of drug-likeness (QED) is 0.523. The van der Waals surface area contributed by atoms with Gasteiger partial charge in [-0.05, 0) is 49.5 Å². The molecular weight excluding hydrogens is 376 g/mol. The Kier molecular flexibility index (Phi) is 6.63. The van der Waals surface area contributed by atoms with Crippen molar-refractivity contribution in [2.45, 2.75) is 44.6 Å². The third-order valence-corrected chi connectivity index (χ3v) is 7.20. The van der Waals surface area contributed by atoms with Gasteiger partial charge in [0.25, 0.3) is 0 Å². The van der Waals surface area contributed by atoms with E-state index in [0.29, 0.717) is 0 Å². The second-order valence-electron chi connectivity index (χ2n) is 7.95. The number of aliphatic hydroxyl groups is 1. The fourth-order valence-corrected chi connectivity index (χ4v) is 5.95. The van der Waals surface area contributed by atoms with E-state index in [-0.39, 0.29) is 5.25 Å². The van der Waals surface area contributed by atoms with Crippen molar-refractivity contribution < 1.29 is 5.11 Å². The Morgan fingerprint density at radius 1 is 0.966 bits per heavy atom. The van der Waals surface area contributed by atoms with Crippen LogP contribution in [0.1, 0.15) is 55.0 Å². The van der Waals surface area contributed by atoms with Crippen LogP contribution in [0.2, 0.25) is 0 Å². The van der Waals surface area contributed by atoms with E-state index in [1.807, 2.05) is 11.8 Å². The fourth-order valence-electron chi connectivity index (χ4n) is 4.68. The Labute approximate surface area is 178 Å². The van der Waals surface area contributed by atoms with E-state index in [0.717, 1.165) is 31.8 Å². The van der Waals surface area contributed by atoms with Crippen molar-refractivity contribution >= 4 is 22.7 Å². The molecule has 1 aromatic heterocycles. The van der Waals surface area contributed by atoms with Gasteiger partial charge in [-0.3, -0.25) is 0 Å². The molecule has 1 N–H and O–H groups in total. The zero-order chi connectivity index (χ0) is 20.2. The summed E-state index contributed by atoms with van der Waals surface area (Å²) in [5.74, 6) is 0.725. The molecule has 2 aromatic carbocycles. The van der Waals surface area contributed by atoms with Crippen LogP contribution >= 0.6 is 11.8 Å². The lowest BCUT2D eigenvalue weighted by atomic mass is 10.0. The maximum atomic E-state index is 10.9. The van der Waals surface area contributed by atoms with Crippen molar-refractivity contribution in [3.63, 3.8) is 0 Å². The highest BCUT2D eigenvalue weighted by molar-refractivity contribution is 7.99. The monoisotopic (exact) mass is 408 g/mol. The van der Waals surface area contributed by atoms with Gasteiger partial charge in [-0.25, -0.2) is 0 Å². The smallest absolute Gasteiger partial charge is 0.140 e. The molecule has 0 saturated heterocycles. The first-order valence-corrected chi connectivity index (χ1v) is 12.0. The summed E-state index contributed by atoms with van der Waals surface area (Å²) < 4.78 is 2.21. The third kappa shape index (κ3) is 4.11. The first-order valence-electron chi connectivity index (χ1n) is 10.9. The number of hydrogen-bond acceptors (Lipinski definition) is 3. The lowest BCUT2D eigenvalue weighted by Crippen LogP contribution is -2.28. The predicted molar refractivity (Wildman–Crippen MR) is 125 cm³/mol. The van der Waals surface area contributed by atoms with E-state index < -0.39 is 6.23 Å². The molecule has 154 valence electrons. The molecule has 0 radical (unpaired) electrons. The van der Waals surface area contributed by atoms with Crippen LogP contribution in [-0.2, 0) is 6.42 Å².